The molecular formula is C22H30F2IN3O2. The number of aliphatic hydroxyl groups is 1. The van der Waals surface area contributed by atoms with E-state index in [1.165, 1.54) is 6.07 Å². The molecule has 0 saturated carbocycles. The van der Waals surface area contributed by atoms with Gasteiger partial charge in [0.05, 0.1) is 25.4 Å². The van der Waals surface area contributed by atoms with Gasteiger partial charge in [-0.25, -0.2) is 8.78 Å². The number of benzene rings is 2. The molecule has 0 bridgehead atoms. The van der Waals surface area contributed by atoms with Crippen molar-refractivity contribution in [2.24, 2.45) is 4.99 Å². The van der Waals surface area contributed by atoms with Gasteiger partial charge in [-0.3, -0.25) is 4.99 Å². The monoisotopic (exact) mass is 533 g/mol. The van der Waals surface area contributed by atoms with E-state index in [0.717, 1.165) is 17.7 Å². The molecule has 0 aliphatic carbocycles. The Morgan fingerprint density at radius 3 is 2.57 bits per heavy atom. The van der Waals surface area contributed by atoms with E-state index in [2.05, 4.69) is 15.6 Å². The fraction of sp³-hybridized carbons (Fsp3) is 0.409. The van der Waals surface area contributed by atoms with E-state index in [1.807, 2.05) is 44.2 Å². The molecule has 0 aromatic heterocycles. The smallest absolute Gasteiger partial charge is 0.191 e. The summed E-state index contributed by atoms with van der Waals surface area (Å²) in [6.45, 7) is 5.19. The molecule has 0 aliphatic heterocycles. The van der Waals surface area contributed by atoms with Gasteiger partial charge in [-0.05, 0) is 49.6 Å². The Hall–Kier alpha value is -1.78. The summed E-state index contributed by atoms with van der Waals surface area (Å²) in [7, 11) is 0. The Morgan fingerprint density at radius 2 is 1.87 bits per heavy atom. The van der Waals surface area contributed by atoms with Gasteiger partial charge >= 0.3 is 0 Å². The van der Waals surface area contributed by atoms with Crippen molar-refractivity contribution in [3.05, 3.63) is 71.3 Å². The number of hydrogen-bond acceptors (Lipinski definition) is 3. The summed E-state index contributed by atoms with van der Waals surface area (Å²) in [5.41, 5.74) is 1.35. The quantitative estimate of drug-likeness (QED) is 0.247. The molecular weight excluding hydrogens is 503 g/mol. The van der Waals surface area contributed by atoms with Gasteiger partial charge in [0, 0.05) is 13.1 Å². The molecule has 2 unspecified atom stereocenters. The number of nitrogens with zero attached hydrogens (tertiary/aromatic N) is 1. The molecule has 0 radical (unpaired) electrons. The van der Waals surface area contributed by atoms with Gasteiger partial charge in [0.1, 0.15) is 11.6 Å². The van der Waals surface area contributed by atoms with Gasteiger partial charge in [0.2, 0.25) is 0 Å². The number of nitrogens with one attached hydrogen (secondary N) is 2. The maximum Gasteiger partial charge on any atom is 0.191 e. The Kier molecular flexibility index (Phi) is 12.5. The Morgan fingerprint density at radius 1 is 1.13 bits per heavy atom. The SMILES string of the molecule is CCNC(=NCC(O)COC(C)c1ccccc1)NCCc1cc(F)ccc1F.I. The highest BCUT2D eigenvalue weighted by molar-refractivity contribution is 14.0. The van der Waals surface area contributed by atoms with Crippen molar-refractivity contribution < 1.29 is 18.6 Å². The molecule has 3 N–H and O–H groups in total. The zero-order valence-corrected chi connectivity index (χ0v) is 19.6. The number of guanidine groups is 1. The number of aliphatic hydroxyl groups excluding tert-OH is 1. The van der Waals surface area contributed by atoms with Gasteiger partial charge in [-0.2, -0.15) is 0 Å². The summed E-state index contributed by atoms with van der Waals surface area (Å²) in [6, 6.07) is 13.2. The Bertz CT molecular complexity index is 778. The van der Waals surface area contributed by atoms with E-state index < -0.39 is 17.7 Å². The Balaban J connectivity index is 0.00000450. The van der Waals surface area contributed by atoms with E-state index in [9.17, 15) is 13.9 Å². The molecule has 2 atom stereocenters. The van der Waals surface area contributed by atoms with E-state index in [-0.39, 0.29) is 43.2 Å². The molecule has 2 aromatic carbocycles. The largest absolute Gasteiger partial charge is 0.389 e. The van der Waals surface area contributed by atoms with Crippen molar-refractivity contribution in [3.63, 3.8) is 0 Å². The third-order valence-electron chi connectivity index (χ3n) is 4.31. The second kappa shape index (κ2) is 14.3. The van der Waals surface area contributed by atoms with Crippen LogP contribution in [0, 0.1) is 11.6 Å². The fourth-order valence-electron chi connectivity index (χ4n) is 2.72. The van der Waals surface area contributed by atoms with Gasteiger partial charge < -0.3 is 20.5 Å². The molecule has 30 heavy (non-hydrogen) atoms. The summed E-state index contributed by atoms with van der Waals surface area (Å²) in [5.74, 6) is -0.399. The zero-order valence-electron chi connectivity index (χ0n) is 17.3. The first-order valence-corrected chi connectivity index (χ1v) is 9.80. The van der Waals surface area contributed by atoms with Crippen molar-refractivity contribution >= 4 is 29.9 Å². The van der Waals surface area contributed by atoms with Crippen molar-refractivity contribution in [3.8, 4) is 0 Å². The maximum atomic E-state index is 13.7. The van der Waals surface area contributed by atoms with Crippen LogP contribution in [0.25, 0.3) is 0 Å². The van der Waals surface area contributed by atoms with Gasteiger partial charge in [-0.15, -0.1) is 24.0 Å². The zero-order chi connectivity index (χ0) is 21.1. The highest BCUT2D eigenvalue weighted by atomic mass is 127. The van der Waals surface area contributed by atoms with Gasteiger partial charge in [0.15, 0.2) is 5.96 Å². The fourth-order valence-corrected chi connectivity index (χ4v) is 2.72. The van der Waals surface area contributed by atoms with Crippen molar-refractivity contribution in [2.45, 2.75) is 32.5 Å². The van der Waals surface area contributed by atoms with Gasteiger partial charge in [-0.1, -0.05) is 30.3 Å². The van der Waals surface area contributed by atoms with Crippen LogP contribution in [0.4, 0.5) is 8.78 Å². The van der Waals surface area contributed by atoms with Crippen LogP contribution in [0.3, 0.4) is 0 Å². The summed E-state index contributed by atoms with van der Waals surface area (Å²) in [5, 5.41) is 16.3. The third-order valence-corrected chi connectivity index (χ3v) is 4.31. The molecule has 0 amide bonds. The van der Waals surface area contributed by atoms with Crippen molar-refractivity contribution in [1.82, 2.24) is 10.6 Å². The summed E-state index contributed by atoms with van der Waals surface area (Å²) in [4.78, 5) is 4.33. The molecule has 8 heteroatoms. The molecule has 0 aliphatic rings. The number of aliphatic imine (C=N–C) groups is 1. The lowest BCUT2D eigenvalue weighted by Gasteiger charge is -2.17. The number of ether oxygens (including phenoxy) is 1. The second-order valence-electron chi connectivity index (χ2n) is 6.67. The standard InChI is InChI=1S/C22H29F2N3O2.HI/c1-3-25-22(26-12-11-18-13-19(23)9-10-21(18)24)27-14-20(28)15-29-16(2)17-7-5-4-6-8-17;/h4-10,13,16,20,28H,3,11-12,14-15H2,1-2H3,(H2,25,26,27);1H. The van der Waals surface area contributed by atoms with Crippen LogP contribution in [0.2, 0.25) is 0 Å². The van der Waals surface area contributed by atoms with Crippen LogP contribution in [0.15, 0.2) is 53.5 Å². The third kappa shape index (κ3) is 9.36. The lowest BCUT2D eigenvalue weighted by atomic mass is 10.1. The van der Waals surface area contributed by atoms with E-state index >= 15 is 0 Å². The number of hydrogen-bond donors (Lipinski definition) is 3. The van der Waals surface area contributed by atoms with E-state index in [4.69, 9.17) is 4.74 Å². The van der Waals surface area contributed by atoms with Crippen molar-refractivity contribution in [2.75, 3.05) is 26.2 Å². The van der Waals surface area contributed by atoms with Crippen LogP contribution < -0.4 is 10.6 Å². The van der Waals surface area contributed by atoms with Crippen LogP contribution >= 0.6 is 24.0 Å². The molecule has 0 saturated heterocycles. The minimum atomic E-state index is -0.753. The Labute approximate surface area is 194 Å². The van der Waals surface area contributed by atoms with E-state index in [0.29, 0.717) is 31.0 Å². The topological polar surface area (TPSA) is 65.9 Å². The molecule has 2 rings (SSSR count). The minimum Gasteiger partial charge on any atom is -0.389 e. The average Bonchev–Trinajstić information content (AvgIpc) is 2.73. The number of rotatable bonds is 10. The van der Waals surface area contributed by atoms with Crippen LogP contribution in [-0.2, 0) is 11.2 Å². The highest BCUT2D eigenvalue weighted by Gasteiger charge is 2.10. The molecule has 166 valence electrons. The van der Waals surface area contributed by atoms with Crippen molar-refractivity contribution in [1.29, 1.82) is 0 Å². The number of halogens is 3. The predicted octanol–water partition coefficient (Wildman–Crippen LogP) is 3.82. The normalized spacial score (nSPS) is 13.3. The molecule has 0 heterocycles. The first-order chi connectivity index (χ1) is 14.0. The second-order valence-corrected chi connectivity index (χ2v) is 6.67. The molecule has 0 fully saturated rings. The lowest BCUT2D eigenvalue weighted by Crippen LogP contribution is -2.39. The summed E-state index contributed by atoms with van der Waals surface area (Å²) >= 11 is 0. The predicted molar refractivity (Wildman–Crippen MR) is 126 cm³/mol. The summed E-state index contributed by atoms with van der Waals surface area (Å²) < 4.78 is 32.6. The average molecular weight is 533 g/mol. The summed E-state index contributed by atoms with van der Waals surface area (Å²) in [6.07, 6.45) is -0.562. The molecule has 5 nitrogen and oxygen atoms in total. The highest BCUT2D eigenvalue weighted by Crippen LogP contribution is 2.16. The first kappa shape index (κ1) is 26.3. The van der Waals surface area contributed by atoms with E-state index in [1.54, 1.807) is 0 Å². The van der Waals surface area contributed by atoms with Gasteiger partial charge in [0.25, 0.3) is 0 Å². The minimum absolute atomic E-state index is 0. The maximum absolute atomic E-state index is 13.7. The van der Waals surface area contributed by atoms with Crippen LogP contribution in [-0.4, -0.2) is 43.4 Å². The molecule has 0 spiro atoms. The lowest BCUT2D eigenvalue weighted by molar-refractivity contribution is 0.00111. The molecule has 2 aromatic rings. The first-order valence-electron chi connectivity index (χ1n) is 9.80. The van der Waals surface area contributed by atoms with Crippen LogP contribution in [0.5, 0.6) is 0 Å². The van der Waals surface area contributed by atoms with Crippen LogP contribution in [0.1, 0.15) is 31.1 Å².